The molecule has 5 heteroatoms. The van der Waals surface area contributed by atoms with Crippen LogP contribution in [0.1, 0.15) is 45.6 Å². The number of aryl methyl sites for hydroxylation is 2. The van der Waals surface area contributed by atoms with Crippen molar-refractivity contribution in [2.24, 2.45) is 0 Å². The Balaban J connectivity index is 1.79. The summed E-state index contributed by atoms with van der Waals surface area (Å²) >= 11 is 5.62. The van der Waals surface area contributed by atoms with Crippen LogP contribution >= 0.6 is 12.2 Å². The van der Waals surface area contributed by atoms with E-state index in [2.05, 4.69) is 54.0 Å². The predicted octanol–water partition coefficient (Wildman–Crippen LogP) is 5.56. The highest BCUT2D eigenvalue weighted by Gasteiger charge is 2.16. The van der Waals surface area contributed by atoms with Gasteiger partial charge < -0.3 is 15.4 Å². The van der Waals surface area contributed by atoms with Gasteiger partial charge in [0.25, 0.3) is 0 Å². The summed E-state index contributed by atoms with van der Waals surface area (Å²) in [5.74, 6) is -0.323. The largest absolute Gasteiger partial charge is 0.462 e. The molecule has 3 aromatic carbocycles. The SMILES string of the molecule is CCOC(=O)c1ccc(NC(=S)N[C@H](c2ccccc2)c2cccc(C)c2)c(C)c1. The molecule has 0 amide bonds. The number of esters is 1. The van der Waals surface area contributed by atoms with E-state index >= 15 is 0 Å². The summed E-state index contributed by atoms with van der Waals surface area (Å²) in [6.07, 6.45) is 0. The molecule has 0 aliphatic rings. The van der Waals surface area contributed by atoms with Crippen molar-refractivity contribution in [3.63, 3.8) is 0 Å². The van der Waals surface area contributed by atoms with Gasteiger partial charge in [-0.05, 0) is 67.9 Å². The Morgan fingerprint density at radius 1 is 0.967 bits per heavy atom. The zero-order chi connectivity index (χ0) is 21.5. The summed E-state index contributed by atoms with van der Waals surface area (Å²) in [6.45, 7) is 6.16. The minimum Gasteiger partial charge on any atom is -0.462 e. The minimum atomic E-state index is -0.323. The molecular formula is C25H26N2O2S. The summed E-state index contributed by atoms with van der Waals surface area (Å²) in [4.78, 5) is 11.9. The molecule has 0 heterocycles. The Labute approximate surface area is 183 Å². The number of anilines is 1. The molecule has 30 heavy (non-hydrogen) atoms. The number of hydrogen-bond acceptors (Lipinski definition) is 3. The third-order valence-electron chi connectivity index (χ3n) is 4.77. The molecule has 4 nitrogen and oxygen atoms in total. The van der Waals surface area contributed by atoms with Gasteiger partial charge in [0.1, 0.15) is 0 Å². The van der Waals surface area contributed by atoms with Gasteiger partial charge >= 0.3 is 5.97 Å². The van der Waals surface area contributed by atoms with Crippen LogP contribution in [0.3, 0.4) is 0 Å². The Bertz CT molecular complexity index is 1030. The Kier molecular flexibility index (Phi) is 7.20. The van der Waals surface area contributed by atoms with Crippen LogP contribution in [0.4, 0.5) is 5.69 Å². The molecule has 1 atom stereocenters. The molecule has 0 saturated carbocycles. The number of hydrogen-bond donors (Lipinski definition) is 2. The lowest BCUT2D eigenvalue weighted by Gasteiger charge is -2.23. The number of thiocarbonyl (C=S) groups is 1. The van der Waals surface area contributed by atoms with Crippen LogP contribution < -0.4 is 10.6 Å². The molecule has 0 aliphatic carbocycles. The van der Waals surface area contributed by atoms with Crippen LogP contribution in [0.25, 0.3) is 0 Å². The summed E-state index contributed by atoms with van der Waals surface area (Å²) in [5, 5.41) is 7.21. The number of carbonyl (C=O) groups is 1. The summed E-state index contributed by atoms with van der Waals surface area (Å²) in [7, 11) is 0. The van der Waals surface area contributed by atoms with Crippen LogP contribution in [0.2, 0.25) is 0 Å². The molecular weight excluding hydrogens is 392 g/mol. The van der Waals surface area contributed by atoms with Crippen molar-refractivity contribution in [1.82, 2.24) is 5.32 Å². The average Bonchev–Trinajstić information content (AvgIpc) is 2.74. The predicted molar refractivity (Wildman–Crippen MR) is 126 cm³/mol. The fourth-order valence-electron chi connectivity index (χ4n) is 3.29. The van der Waals surface area contributed by atoms with Gasteiger partial charge in [-0.25, -0.2) is 4.79 Å². The fraction of sp³-hybridized carbons (Fsp3) is 0.200. The second-order valence-electron chi connectivity index (χ2n) is 7.11. The van der Waals surface area contributed by atoms with Crippen LogP contribution in [0, 0.1) is 13.8 Å². The van der Waals surface area contributed by atoms with Crippen molar-refractivity contribution < 1.29 is 9.53 Å². The number of ether oxygens (including phenoxy) is 1. The quantitative estimate of drug-likeness (QED) is 0.406. The minimum absolute atomic E-state index is 0.0785. The standard InChI is InChI=1S/C25H26N2O2S/c1-4-29-24(28)21-13-14-22(18(3)16-21)26-25(30)27-23(19-10-6-5-7-11-19)20-12-8-9-17(2)15-20/h5-16,23H,4H2,1-3H3,(H2,26,27,30)/t23-/m1/s1. The van der Waals surface area contributed by atoms with Crippen LogP contribution in [-0.4, -0.2) is 17.7 Å². The van der Waals surface area contributed by atoms with E-state index in [4.69, 9.17) is 17.0 Å². The molecule has 3 rings (SSSR count). The van der Waals surface area contributed by atoms with Crippen LogP contribution in [0.5, 0.6) is 0 Å². The fourth-order valence-corrected chi connectivity index (χ4v) is 3.52. The Hall–Kier alpha value is -3.18. The van der Waals surface area contributed by atoms with E-state index in [0.29, 0.717) is 17.3 Å². The summed E-state index contributed by atoms with van der Waals surface area (Å²) in [5.41, 5.74) is 5.75. The van der Waals surface area contributed by atoms with Crippen molar-refractivity contribution in [1.29, 1.82) is 0 Å². The second kappa shape index (κ2) is 10.0. The Morgan fingerprint density at radius 2 is 1.70 bits per heavy atom. The van der Waals surface area contributed by atoms with Gasteiger partial charge in [0, 0.05) is 5.69 Å². The number of benzene rings is 3. The molecule has 0 saturated heterocycles. The van der Waals surface area contributed by atoms with Crippen molar-refractivity contribution in [3.05, 3.63) is 101 Å². The van der Waals surface area contributed by atoms with E-state index in [-0.39, 0.29) is 12.0 Å². The molecule has 0 aromatic heterocycles. The van der Waals surface area contributed by atoms with Crippen molar-refractivity contribution in [2.45, 2.75) is 26.8 Å². The highest BCUT2D eigenvalue weighted by molar-refractivity contribution is 7.80. The molecule has 0 spiro atoms. The summed E-state index contributed by atoms with van der Waals surface area (Å²) in [6, 6.07) is 23.9. The van der Waals surface area contributed by atoms with Crippen molar-refractivity contribution >= 4 is 29.0 Å². The van der Waals surface area contributed by atoms with Gasteiger partial charge in [-0.15, -0.1) is 0 Å². The summed E-state index contributed by atoms with van der Waals surface area (Å²) < 4.78 is 5.07. The smallest absolute Gasteiger partial charge is 0.338 e. The highest BCUT2D eigenvalue weighted by Crippen LogP contribution is 2.24. The number of carbonyl (C=O) groups excluding carboxylic acids is 1. The first kappa shape index (κ1) is 21.5. The van der Waals surface area contributed by atoms with E-state index < -0.39 is 0 Å². The van der Waals surface area contributed by atoms with Gasteiger partial charge in [-0.2, -0.15) is 0 Å². The first-order valence-corrected chi connectivity index (χ1v) is 10.4. The molecule has 0 aliphatic heterocycles. The molecule has 3 aromatic rings. The van der Waals surface area contributed by atoms with E-state index in [0.717, 1.165) is 22.4 Å². The molecule has 154 valence electrons. The van der Waals surface area contributed by atoms with Gasteiger partial charge in [-0.1, -0.05) is 60.2 Å². The molecule has 0 bridgehead atoms. The van der Waals surface area contributed by atoms with Gasteiger partial charge in [-0.3, -0.25) is 0 Å². The van der Waals surface area contributed by atoms with Crippen molar-refractivity contribution in [3.8, 4) is 0 Å². The molecule has 0 unspecified atom stereocenters. The van der Waals surface area contributed by atoms with Gasteiger partial charge in [0.15, 0.2) is 5.11 Å². The average molecular weight is 419 g/mol. The maximum absolute atomic E-state index is 11.9. The first-order valence-electron chi connectivity index (χ1n) is 9.94. The number of rotatable bonds is 6. The van der Waals surface area contributed by atoms with E-state index in [1.807, 2.05) is 31.2 Å². The van der Waals surface area contributed by atoms with E-state index in [1.54, 1.807) is 19.1 Å². The van der Waals surface area contributed by atoms with Gasteiger partial charge in [0.2, 0.25) is 0 Å². The van der Waals surface area contributed by atoms with Crippen LogP contribution in [0.15, 0.2) is 72.8 Å². The lowest BCUT2D eigenvalue weighted by Crippen LogP contribution is -2.33. The lowest BCUT2D eigenvalue weighted by atomic mass is 9.97. The topological polar surface area (TPSA) is 50.4 Å². The zero-order valence-corrected chi connectivity index (χ0v) is 18.3. The Morgan fingerprint density at radius 3 is 2.37 bits per heavy atom. The first-order chi connectivity index (χ1) is 14.5. The van der Waals surface area contributed by atoms with E-state index in [1.165, 1.54) is 5.56 Å². The lowest BCUT2D eigenvalue weighted by molar-refractivity contribution is 0.0526. The monoisotopic (exact) mass is 418 g/mol. The number of nitrogens with one attached hydrogen (secondary N) is 2. The molecule has 0 fully saturated rings. The second-order valence-corrected chi connectivity index (χ2v) is 7.51. The maximum atomic E-state index is 11.9. The van der Waals surface area contributed by atoms with Crippen molar-refractivity contribution in [2.75, 3.05) is 11.9 Å². The third kappa shape index (κ3) is 5.45. The third-order valence-corrected chi connectivity index (χ3v) is 4.99. The highest BCUT2D eigenvalue weighted by atomic mass is 32.1. The molecule has 2 N–H and O–H groups in total. The van der Waals surface area contributed by atoms with Crippen LogP contribution in [-0.2, 0) is 4.74 Å². The van der Waals surface area contributed by atoms with Gasteiger partial charge in [0.05, 0.1) is 18.2 Å². The van der Waals surface area contributed by atoms with E-state index in [9.17, 15) is 4.79 Å². The normalized spacial score (nSPS) is 11.4. The zero-order valence-electron chi connectivity index (χ0n) is 17.4. The maximum Gasteiger partial charge on any atom is 0.338 e. The molecule has 0 radical (unpaired) electrons.